The van der Waals surface area contributed by atoms with Crippen LogP contribution in [0.2, 0.25) is 5.02 Å². The van der Waals surface area contributed by atoms with Crippen LogP contribution in [-0.4, -0.2) is 25.6 Å². The first-order chi connectivity index (χ1) is 11.0. The Morgan fingerprint density at radius 3 is 2.65 bits per heavy atom. The molecule has 0 unspecified atom stereocenters. The second kappa shape index (κ2) is 7.99. The molecular weight excluding hydrogens is 386 g/mol. The number of hydrogen-bond donors (Lipinski definition) is 1. The van der Waals surface area contributed by atoms with Gasteiger partial charge in [0.05, 0.1) is 17.8 Å². The zero-order valence-electron chi connectivity index (χ0n) is 12.1. The monoisotopic (exact) mass is 397 g/mol. The molecule has 0 bridgehead atoms. The van der Waals surface area contributed by atoms with Gasteiger partial charge in [-0.15, -0.1) is 0 Å². The number of ether oxygens (including phenoxy) is 2. The third-order valence-electron chi connectivity index (χ3n) is 2.87. The van der Waals surface area contributed by atoms with Crippen molar-refractivity contribution in [1.29, 1.82) is 0 Å². The molecule has 120 valence electrons. The van der Waals surface area contributed by atoms with Gasteiger partial charge in [-0.2, -0.15) is 0 Å². The summed E-state index contributed by atoms with van der Waals surface area (Å²) >= 11 is 9.28. The smallest absolute Gasteiger partial charge is 0.342 e. The van der Waals surface area contributed by atoms with E-state index in [0.29, 0.717) is 16.5 Å². The molecule has 1 N–H and O–H groups in total. The Morgan fingerprint density at radius 2 is 1.96 bits per heavy atom. The van der Waals surface area contributed by atoms with Crippen LogP contribution in [0, 0.1) is 0 Å². The van der Waals surface area contributed by atoms with Gasteiger partial charge in [0.2, 0.25) is 0 Å². The Labute approximate surface area is 146 Å². The van der Waals surface area contributed by atoms with Crippen LogP contribution < -0.4 is 10.1 Å². The summed E-state index contributed by atoms with van der Waals surface area (Å²) in [5.41, 5.74) is 0.692. The maximum absolute atomic E-state index is 12.0. The van der Waals surface area contributed by atoms with Crippen molar-refractivity contribution in [2.45, 2.75) is 0 Å². The maximum Gasteiger partial charge on any atom is 0.342 e. The van der Waals surface area contributed by atoms with Gasteiger partial charge in [-0.25, -0.2) is 4.79 Å². The number of benzene rings is 2. The molecule has 0 fully saturated rings. The lowest BCUT2D eigenvalue weighted by Gasteiger charge is -2.10. The fourth-order valence-corrected chi connectivity index (χ4v) is 2.52. The predicted octanol–water partition coefficient (Wildman–Crippen LogP) is 3.91. The number of halogens is 2. The number of anilines is 1. The first kappa shape index (κ1) is 17.3. The third-order valence-corrected chi connectivity index (χ3v) is 3.67. The molecule has 2 aromatic rings. The SMILES string of the molecule is COc1ccccc1C(=O)OCC(=O)Nc1ccc(Br)cc1Cl. The lowest BCUT2D eigenvalue weighted by molar-refractivity contribution is -0.119. The van der Waals surface area contributed by atoms with Crippen molar-refractivity contribution in [3.8, 4) is 5.75 Å². The maximum atomic E-state index is 12.0. The summed E-state index contributed by atoms with van der Waals surface area (Å²) in [6, 6.07) is 11.6. The molecule has 0 spiro atoms. The van der Waals surface area contributed by atoms with Crippen LogP contribution in [0.15, 0.2) is 46.9 Å². The van der Waals surface area contributed by atoms with E-state index in [1.165, 1.54) is 7.11 Å². The number of carbonyl (C=O) groups excluding carboxylic acids is 2. The van der Waals surface area contributed by atoms with Gasteiger partial charge in [0, 0.05) is 4.47 Å². The van der Waals surface area contributed by atoms with E-state index in [2.05, 4.69) is 21.2 Å². The Balaban J connectivity index is 1.95. The Hall–Kier alpha value is -2.05. The number of para-hydroxylation sites is 1. The molecule has 0 aliphatic carbocycles. The Morgan fingerprint density at radius 1 is 1.22 bits per heavy atom. The van der Waals surface area contributed by atoms with Crippen LogP contribution in [0.25, 0.3) is 0 Å². The fourth-order valence-electron chi connectivity index (χ4n) is 1.80. The Kier molecular flexibility index (Phi) is 6.01. The Bertz CT molecular complexity index is 736. The summed E-state index contributed by atoms with van der Waals surface area (Å²) in [5.74, 6) is -0.745. The summed E-state index contributed by atoms with van der Waals surface area (Å²) in [6.07, 6.45) is 0. The molecular formula is C16H13BrClNO4. The number of amides is 1. The zero-order valence-corrected chi connectivity index (χ0v) is 14.5. The molecule has 2 aromatic carbocycles. The van der Waals surface area contributed by atoms with Crippen molar-refractivity contribution in [3.63, 3.8) is 0 Å². The van der Waals surface area contributed by atoms with Crippen LogP contribution in [0.1, 0.15) is 10.4 Å². The summed E-state index contributed by atoms with van der Waals surface area (Å²) < 4.78 is 10.9. The molecule has 23 heavy (non-hydrogen) atoms. The first-order valence-corrected chi connectivity index (χ1v) is 7.73. The first-order valence-electron chi connectivity index (χ1n) is 6.56. The number of esters is 1. The van der Waals surface area contributed by atoms with E-state index >= 15 is 0 Å². The van der Waals surface area contributed by atoms with E-state index in [1.54, 1.807) is 42.5 Å². The van der Waals surface area contributed by atoms with E-state index in [1.807, 2.05) is 0 Å². The van der Waals surface area contributed by atoms with Gasteiger partial charge in [0.25, 0.3) is 5.91 Å². The minimum Gasteiger partial charge on any atom is -0.496 e. The second-order valence-corrected chi connectivity index (χ2v) is 5.77. The quantitative estimate of drug-likeness (QED) is 0.776. The molecule has 0 saturated heterocycles. The van der Waals surface area contributed by atoms with Gasteiger partial charge in [-0.05, 0) is 30.3 Å². The summed E-state index contributed by atoms with van der Waals surface area (Å²) in [5, 5.41) is 2.95. The summed E-state index contributed by atoms with van der Waals surface area (Å²) in [6.45, 7) is -0.427. The van der Waals surface area contributed by atoms with Gasteiger partial charge in [0.1, 0.15) is 11.3 Å². The number of nitrogens with one attached hydrogen (secondary N) is 1. The van der Waals surface area contributed by atoms with Crippen LogP contribution in [0.3, 0.4) is 0 Å². The largest absolute Gasteiger partial charge is 0.496 e. The van der Waals surface area contributed by atoms with Gasteiger partial charge in [0.15, 0.2) is 6.61 Å². The van der Waals surface area contributed by atoms with E-state index in [-0.39, 0.29) is 5.56 Å². The summed E-state index contributed by atoms with van der Waals surface area (Å²) in [4.78, 5) is 23.8. The van der Waals surface area contributed by atoms with E-state index < -0.39 is 18.5 Å². The molecule has 1 amide bonds. The van der Waals surface area contributed by atoms with E-state index in [4.69, 9.17) is 21.1 Å². The molecule has 0 aliphatic heterocycles. The van der Waals surface area contributed by atoms with Crippen molar-refractivity contribution in [3.05, 3.63) is 57.5 Å². The van der Waals surface area contributed by atoms with Crippen LogP contribution in [-0.2, 0) is 9.53 Å². The number of rotatable bonds is 5. The predicted molar refractivity (Wildman–Crippen MR) is 91.1 cm³/mol. The zero-order chi connectivity index (χ0) is 16.8. The lowest BCUT2D eigenvalue weighted by Crippen LogP contribution is -2.21. The van der Waals surface area contributed by atoms with Gasteiger partial charge in [-0.1, -0.05) is 39.7 Å². The minimum absolute atomic E-state index is 0.254. The molecule has 2 rings (SSSR count). The van der Waals surface area contributed by atoms with Crippen LogP contribution >= 0.6 is 27.5 Å². The topological polar surface area (TPSA) is 64.6 Å². The fraction of sp³-hybridized carbons (Fsp3) is 0.125. The number of hydrogen-bond acceptors (Lipinski definition) is 4. The average Bonchev–Trinajstić information content (AvgIpc) is 2.55. The lowest BCUT2D eigenvalue weighted by atomic mass is 10.2. The molecule has 0 heterocycles. The number of carbonyl (C=O) groups is 2. The molecule has 0 aromatic heterocycles. The van der Waals surface area contributed by atoms with Gasteiger partial charge in [-0.3, -0.25) is 4.79 Å². The normalized spacial score (nSPS) is 10.0. The van der Waals surface area contributed by atoms with Crippen molar-refractivity contribution >= 4 is 45.1 Å². The highest BCUT2D eigenvalue weighted by Gasteiger charge is 2.15. The molecule has 7 heteroatoms. The molecule has 0 aliphatic rings. The molecule has 5 nitrogen and oxygen atoms in total. The number of methoxy groups -OCH3 is 1. The van der Waals surface area contributed by atoms with Crippen molar-refractivity contribution < 1.29 is 19.1 Å². The van der Waals surface area contributed by atoms with Crippen molar-refractivity contribution in [2.75, 3.05) is 19.0 Å². The highest BCUT2D eigenvalue weighted by Crippen LogP contribution is 2.25. The standard InChI is InChI=1S/C16H13BrClNO4/c1-22-14-5-3-2-4-11(14)16(21)23-9-15(20)19-13-7-6-10(17)8-12(13)18/h2-8H,9H2,1H3,(H,19,20). The highest BCUT2D eigenvalue weighted by atomic mass is 79.9. The molecule has 0 saturated carbocycles. The average molecular weight is 399 g/mol. The minimum atomic E-state index is -0.639. The van der Waals surface area contributed by atoms with Gasteiger partial charge < -0.3 is 14.8 Å². The van der Waals surface area contributed by atoms with E-state index in [0.717, 1.165) is 4.47 Å². The van der Waals surface area contributed by atoms with Crippen LogP contribution in [0.4, 0.5) is 5.69 Å². The van der Waals surface area contributed by atoms with E-state index in [9.17, 15) is 9.59 Å². The van der Waals surface area contributed by atoms with Crippen molar-refractivity contribution in [1.82, 2.24) is 0 Å². The molecule has 0 radical (unpaired) electrons. The second-order valence-electron chi connectivity index (χ2n) is 4.45. The highest BCUT2D eigenvalue weighted by molar-refractivity contribution is 9.10. The third kappa shape index (κ3) is 4.71. The van der Waals surface area contributed by atoms with Crippen molar-refractivity contribution in [2.24, 2.45) is 0 Å². The summed E-state index contributed by atoms with van der Waals surface area (Å²) in [7, 11) is 1.45. The van der Waals surface area contributed by atoms with Gasteiger partial charge >= 0.3 is 5.97 Å². The van der Waals surface area contributed by atoms with Crippen LogP contribution in [0.5, 0.6) is 5.75 Å². The molecule has 0 atom stereocenters.